The molecule has 3 atom stereocenters. The van der Waals surface area contributed by atoms with Crippen LogP contribution in [0.2, 0.25) is 10.0 Å². The molecule has 1 unspecified atom stereocenters. The summed E-state index contributed by atoms with van der Waals surface area (Å²) in [4.78, 5) is 6.78. The fourth-order valence-corrected chi connectivity index (χ4v) is 6.47. The van der Waals surface area contributed by atoms with Crippen molar-refractivity contribution < 1.29 is 9.84 Å². The number of nitrogens with zero attached hydrogens (tertiary/aromatic N) is 6. The van der Waals surface area contributed by atoms with E-state index in [0.717, 1.165) is 37.4 Å². The number of pyridine rings is 1. The van der Waals surface area contributed by atoms with E-state index in [1.54, 1.807) is 16.8 Å². The van der Waals surface area contributed by atoms with Crippen LogP contribution < -0.4 is 10.6 Å². The van der Waals surface area contributed by atoms with Crippen molar-refractivity contribution in [2.75, 3.05) is 36.9 Å². The Morgan fingerprint density at radius 2 is 1.89 bits per heavy atom. The van der Waals surface area contributed by atoms with Crippen LogP contribution in [0, 0.1) is 11.3 Å². The molecule has 45 heavy (non-hydrogen) atoms. The first-order chi connectivity index (χ1) is 22.0. The second kappa shape index (κ2) is 12.6. The number of halogens is 2. The lowest BCUT2D eigenvalue weighted by atomic mass is 9.99. The number of β-amino-alcohol motifs (C(OH)–C–C–N with tert-alkyl or cyclic N) is 1. The summed E-state index contributed by atoms with van der Waals surface area (Å²) in [5.41, 5.74) is 4.61. The Morgan fingerprint density at radius 3 is 2.62 bits per heavy atom. The largest absolute Gasteiger partial charge is 0.390 e. The molecule has 0 saturated carbocycles. The predicted octanol–water partition coefficient (Wildman–Crippen LogP) is 5.96. The SMILES string of the molecule is N#Cc1cnc2c(Cl)cc(N[C@@H](c3ccccc3)c3cn(C4CCN(C5COC5)C[C@H]4O)nn3)cc2c1Nc1cccc(Cl)c1. The number of aliphatic hydroxyl groups is 1. The van der Waals surface area contributed by atoms with Gasteiger partial charge in [-0.3, -0.25) is 9.88 Å². The molecule has 5 aromatic rings. The highest BCUT2D eigenvalue weighted by Gasteiger charge is 2.36. The zero-order chi connectivity index (χ0) is 30.9. The number of aromatic nitrogens is 4. The van der Waals surface area contributed by atoms with Crippen LogP contribution in [0.25, 0.3) is 10.9 Å². The molecular weight excluding hydrogens is 611 g/mol. The van der Waals surface area contributed by atoms with Crippen LogP contribution in [0.5, 0.6) is 0 Å². The fourth-order valence-electron chi connectivity index (χ4n) is 6.02. The molecule has 4 heterocycles. The maximum Gasteiger partial charge on any atom is 0.109 e. The normalized spacial score (nSPS) is 19.5. The summed E-state index contributed by atoms with van der Waals surface area (Å²) >= 11 is 13.0. The predicted molar refractivity (Wildman–Crippen MR) is 174 cm³/mol. The van der Waals surface area contributed by atoms with Gasteiger partial charge in [0.2, 0.25) is 0 Å². The first-order valence-electron chi connectivity index (χ1n) is 14.7. The van der Waals surface area contributed by atoms with Gasteiger partial charge in [-0.05, 0) is 42.3 Å². The molecule has 12 heteroatoms. The van der Waals surface area contributed by atoms with Crippen molar-refractivity contribution in [3.8, 4) is 6.07 Å². The Balaban J connectivity index is 1.22. The lowest BCUT2D eigenvalue weighted by molar-refractivity contribution is -0.0947. The van der Waals surface area contributed by atoms with Crippen molar-refractivity contribution in [1.82, 2.24) is 24.9 Å². The molecule has 0 spiro atoms. The zero-order valence-electron chi connectivity index (χ0n) is 24.1. The van der Waals surface area contributed by atoms with Gasteiger partial charge in [0.05, 0.1) is 65.4 Å². The van der Waals surface area contributed by atoms with Gasteiger partial charge in [0, 0.05) is 41.1 Å². The average Bonchev–Trinajstić information content (AvgIpc) is 3.49. The Kier molecular flexibility index (Phi) is 8.27. The van der Waals surface area contributed by atoms with Gasteiger partial charge in [0.25, 0.3) is 0 Å². The number of ether oxygens (including phenoxy) is 1. The van der Waals surface area contributed by atoms with E-state index >= 15 is 0 Å². The third-order valence-electron chi connectivity index (χ3n) is 8.46. The molecule has 2 aromatic heterocycles. The molecule has 0 bridgehead atoms. The van der Waals surface area contributed by atoms with E-state index in [2.05, 4.69) is 36.9 Å². The molecule has 2 aliphatic heterocycles. The Morgan fingerprint density at radius 1 is 1.04 bits per heavy atom. The second-order valence-corrected chi connectivity index (χ2v) is 12.2. The van der Waals surface area contributed by atoms with Gasteiger partial charge in [0.1, 0.15) is 11.8 Å². The van der Waals surface area contributed by atoms with Gasteiger partial charge in [-0.2, -0.15) is 5.26 Å². The second-order valence-electron chi connectivity index (χ2n) is 11.4. The first-order valence-corrected chi connectivity index (χ1v) is 15.5. The lowest BCUT2D eigenvalue weighted by Gasteiger charge is -2.43. The Bertz CT molecular complexity index is 1870. The van der Waals surface area contributed by atoms with Crippen LogP contribution in [0.15, 0.2) is 79.1 Å². The van der Waals surface area contributed by atoms with Gasteiger partial charge < -0.3 is 20.5 Å². The maximum absolute atomic E-state index is 11.0. The number of benzene rings is 3. The number of nitrogens with one attached hydrogen (secondary N) is 2. The topological polar surface area (TPSA) is 124 Å². The summed E-state index contributed by atoms with van der Waals surface area (Å²) in [6, 6.07) is 23.0. The first kappa shape index (κ1) is 29.5. The maximum atomic E-state index is 11.0. The quantitative estimate of drug-likeness (QED) is 0.188. The Labute approximate surface area is 270 Å². The standard InChI is InChI=1S/C33H30Cl2N8O2/c34-22-7-4-8-23(11-22)38-31-21(14-36)15-37-33-26(31)12-24(13-27(33)35)39-32(20-5-2-1-3-6-20)28-16-43(41-40-28)29-9-10-42(17-30(29)44)25-18-45-19-25/h1-8,11-13,15-16,25,29-30,32,39,44H,9-10,17-19H2,(H,37,38)/t29?,30-,32+/m1/s1. The minimum atomic E-state index is -0.566. The van der Waals surface area contributed by atoms with Crippen molar-refractivity contribution in [3.63, 3.8) is 0 Å². The lowest BCUT2D eigenvalue weighted by Crippen LogP contribution is -2.55. The molecule has 228 valence electrons. The van der Waals surface area contributed by atoms with E-state index in [4.69, 9.17) is 27.9 Å². The summed E-state index contributed by atoms with van der Waals surface area (Å²) in [5, 5.41) is 38.6. The summed E-state index contributed by atoms with van der Waals surface area (Å²) < 4.78 is 7.13. The summed E-state index contributed by atoms with van der Waals surface area (Å²) in [7, 11) is 0. The molecule has 2 aliphatic rings. The number of piperidine rings is 1. The highest BCUT2D eigenvalue weighted by molar-refractivity contribution is 6.36. The van der Waals surface area contributed by atoms with E-state index in [9.17, 15) is 10.4 Å². The van der Waals surface area contributed by atoms with E-state index in [0.29, 0.717) is 56.2 Å². The third kappa shape index (κ3) is 6.06. The minimum absolute atomic E-state index is 0.175. The number of hydrogen-bond acceptors (Lipinski definition) is 9. The molecule has 2 saturated heterocycles. The van der Waals surface area contributed by atoms with Crippen LogP contribution in [-0.4, -0.2) is 68.4 Å². The molecule has 0 amide bonds. The summed E-state index contributed by atoms with van der Waals surface area (Å²) in [5.74, 6) is 0. The van der Waals surface area contributed by atoms with Crippen molar-refractivity contribution in [2.24, 2.45) is 0 Å². The number of rotatable bonds is 8. The number of hydrogen-bond donors (Lipinski definition) is 3. The number of anilines is 3. The van der Waals surface area contributed by atoms with E-state index in [1.807, 2.05) is 60.8 Å². The van der Waals surface area contributed by atoms with Crippen molar-refractivity contribution >= 4 is 51.2 Å². The molecule has 3 aromatic carbocycles. The number of aliphatic hydroxyl groups excluding tert-OH is 1. The van der Waals surface area contributed by atoms with E-state index in [-0.39, 0.29) is 12.1 Å². The van der Waals surface area contributed by atoms with Crippen LogP contribution >= 0.6 is 23.2 Å². The zero-order valence-corrected chi connectivity index (χ0v) is 25.7. The van der Waals surface area contributed by atoms with Crippen LogP contribution in [0.4, 0.5) is 17.1 Å². The highest BCUT2D eigenvalue weighted by Crippen LogP contribution is 2.37. The summed E-state index contributed by atoms with van der Waals surface area (Å²) in [6.45, 7) is 2.89. The minimum Gasteiger partial charge on any atom is -0.390 e. The van der Waals surface area contributed by atoms with Crippen LogP contribution in [0.3, 0.4) is 0 Å². The van der Waals surface area contributed by atoms with Crippen molar-refractivity contribution in [3.05, 3.63) is 106 Å². The molecule has 7 rings (SSSR count). The number of fused-ring (bicyclic) bond motifs is 1. The monoisotopic (exact) mass is 640 g/mol. The van der Waals surface area contributed by atoms with E-state index in [1.165, 1.54) is 6.20 Å². The molecule has 0 aliphatic carbocycles. The van der Waals surface area contributed by atoms with Gasteiger partial charge in [-0.1, -0.05) is 64.8 Å². The van der Waals surface area contributed by atoms with E-state index < -0.39 is 6.10 Å². The number of nitriles is 1. The van der Waals surface area contributed by atoms with Crippen molar-refractivity contribution in [2.45, 2.75) is 30.7 Å². The molecule has 3 N–H and O–H groups in total. The van der Waals surface area contributed by atoms with Crippen molar-refractivity contribution in [1.29, 1.82) is 5.26 Å². The average molecular weight is 642 g/mol. The van der Waals surface area contributed by atoms with Crippen LogP contribution in [0.1, 0.15) is 35.3 Å². The van der Waals surface area contributed by atoms with Gasteiger partial charge in [-0.25, -0.2) is 4.68 Å². The highest BCUT2D eigenvalue weighted by atomic mass is 35.5. The third-order valence-corrected chi connectivity index (χ3v) is 8.98. The fraction of sp³-hybridized carbons (Fsp3) is 0.273. The van der Waals surface area contributed by atoms with Crippen LogP contribution in [-0.2, 0) is 4.74 Å². The molecular formula is C33H30Cl2N8O2. The molecule has 10 nitrogen and oxygen atoms in total. The molecule has 2 fully saturated rings. The molecule has 0 radical (unpaired) electrons. The Hall–Kier alpha value is -4.24. The van der Waals surface area contributed by atoms with Gasteiger partial charge >= 0.3 is 0 Å². The van der Waals surface area contributed by atoms with Gasteiger partial charge in [-0.15, -0.1) is 5.10 Å². The summed E-state index contributed by atoms with van der Waals surface area (Å²) in [6.07, 6.45) is 3.62. The van der Waals surface area contributed by atoms with Gasteiger partial charge in [0.15, 0.2) is 0 Å². The smallest absolute Gasteiger partial charge is 0.109 e. The number of likely N-dealkylation sites (tertiary alicyclic amines) is 1.